The Labute approximate surface area is 673 Å². The van der Waals surface area contributed by atoms with Crippen molar-refractivity contribution in [3.63, 3.8) is 0 Å². The van der Waals surface area contributed by atoms with Gasteiger partial charge in [-0.3, -0.25) is 67.6 Å². The fourth-order valence-corrected chi connectivity index (χ4v) is 12.8. The Morgan fingerprint density at radius 2 is 0.810 bits per heavy atom. The number of aliphatic hydroxyl groups excluding tert-OH is 1. The molecule has 0 radical (unpaired) electrons. The minimum atomic E-state index is -1.97. The number of para-hydroxylation sites is 1. The Hall–Kier alpha value is -11.3. The summed E-state index contributed by atoms with van der Waals surface area (Å²) in [7, 11) is 0. The molecule has 0 aliphatic carbocycles. The first-order chi connectivity index (χ1) is 55.2. The Kier molecular flexibility index (Phi) is 40.7. The van der Waals surface area contributed by atoms with Gasteiger partial charge in [-0.15, -0.1) is 0 Å². The van der Waals surface area contributed by atoms with Crippen LogP contribution >= 0.6 is 0 Å². The zero-order chi connectivity index (χ0) is 85.6. The number of nitrogens with two attached hydrogens (primary N) is 3. The SMILES string of the molecule is CC[C@H](C)[C@H](NC(=O)[C@H](CC(=O)O)NC(=O)[C@H](Cc1c[nH]c2ccccc12)NC(=O)[C@H](Cc1ccccc1)NC(=O)[C@H](CCCC[NH3+])NC(=O)[C@H](CC(C)C)NC(=O)[C@@H](NC(=O)[C@H](Cc1ccccc1)NC(=O)[C@@H]([NH3+])CC(N)=O)[C@@H](C)O)C(=O)N[C@@H](Cc1ccccc1)C(=O)N[C@@H](CCCNC(N)N)C(=O)N[C@@H](CCCC[NH3+])C(=O)O. The summed E-state index contributed by atoms with van der Waals surface area (Å²) in [5.41, 5.74) is 30.8. The van der Waals surface area contributed by atoms with E-state index in [-0.39, 0.29) is 76.7 Å². The van der Waals surface area contributed by atoms with Gasteiger partial charge in [0.15, 0.2) is 6.04 Å². The lowest BCUT2D eigenvalue weighted by Gasteiger charge is -2.30. The third-order valence-electron chi connectivity index (χ3n) is 19.4. The Morgan fingerprint density at radius 1 is 0.431 bits per heavy atom. The number of nitrogens with one attached hydrogen (secondary N) is 13. The third kappa shape index (κ3) is 32.9. The molecule has 1 aromatic heterocycles. The quantitative estimate of drug-likeness (QED) is 0.0129. The van der Waals surface area contributed by atoms with Crippen molar-refractivity contribution in [3.8, 4) is 0 Å². The van der Waals surface area contributed by atoms with Crippen molar-refractivity contribution < 1.29 is 99.6 Å². The Bertz CT molecular complexity index is 4040. The van der Waals surface area contributed by atoms with E-state index in [0.717, 1.165) is 0 Å². The van der Waals surface area contributed by atoms with Gasteiger partial charge in [0.1, 0.15) is 72.7 Å². The lowest BCUT2D eigenvalue weighted by Crippen LogP contribution is -2.70. The Balaban J connectivity index is 1.46. The lowest BCUT2D eigenvalue weighted by atomic mass is 9.96. The van der Waals surface area contributed by atoms with Crippen LogP contribution in [0.15, 0.2) is 121 Å². The monoisotopic (exact) mass is 1620 g/mol. The zero-order valence-corrected chi connectivity index (χ0v) is 66.6. The number of aliphatic hydroxyl groups is 1. The lowest BCUT2D eigenvalue weighted by molar-refractivity contribution is -0.402. The van der Waals surface area contributed by atoms with E-state index in [2.05, 4.69) is 86.0 Å². The largest absolute Gasteiger partial charge is 0.481 e. The molecule has 31 N–H and O–H groups in total. The number of amides is 12. The number of unbranched alkanes of at least 4 members (excludes halogenated alkanes) is 2. The van der Waals surface area contributed by atoms with Crippen LogP contribution in [0.4, 0.5) is 0 Å². The van der Waals surface area contributed by atoms with Crippen molar-refractivity contribution in [1.29, 1.82) is 0 Å². The molecule has 14 atom stereocenters. The van der Waals surface area contributed by atoms with Gasteiger partial charge in [0.05, 0.1) is 32.0 Å². The standard InChI is InChI=1S/C80H117N19O17/c1-6-46(4)66(77(113)97-60(39-49-25-12-8-13-26-49)72(108)90-56(33-22-36-87-80(85)86)69(105)91-57(79(115)116)32-19-21-35-82)98-76(112)63(43-65(102)103)95-74(110)62(41-51-44-88-54-30-17-16-29-52(51)54)94-73(109)59(38-48-23-10-7-11-24-48)93-70(106)55(31-18-20-34-81)89-71(107)58(37-45(2)3)96-78(114)67(47(5)100)99-75(111)61(40-50-27-14-9-15-28-50)92-68(104)53(83)42-64(84)101/h7-17,23-30,44-47,53,55-63,66-67,80,87-88,100H,6,18-22,31-43,81-83,85-86H2,1-5H3,(H2,84,101)(H,89,107)(H,90,108)(H,91,105)(H,92,104)(H,93,106)(H,94,109)(H,95,110)(H,96,114)(H,97,113)(H,98,112)(H,99,111)(H,102,103)(H,115,116)/p+3/t46-,47+,53-,55-,56-,57-,58-,59-,60-,61-,62-,63-,66-,67-/m0/s1. The first-order valence-electron chi connectivity index (χ1n) is 39.3. The van der Waals surface area contributed by atoms with Crippen LogP contribution in [0, 0.1) is 11.8 Å². The number of fused-ring (bicyclic) bond motifs is 1. The number of carbonyl (C=O) groups excluding carboxylic acids is 12. The van der Waals surface area contributed by atoms with Gasteiger partial charge in [-0.2, -0.15) is 0 Å². The van der Waals surface area contributed by atoms with Gasteiger partial charge in [0, 0.05) is 42.8 Å². The first kappa shape index (κ1) is 95.3. The van der Waals surface area contributed by atoms with Crippen LogP contribution < -0.4 is 98.2 Å². The van der Waals surface area contributed by atoms with Crippen LogP contribution in [0.1, 0.15) is 134 Å². The van der Waals surface area contributed by atoms with E-state index in [1.54, 1.807) is 149 Å². The topological polar surface area (TPSA) is 621 Å². The van der Waals surface area contributed by atoms with Gasteiger partial charge < -0.3 is 113 Å². The first-order valence-corrected chi connectivity index (χ1v) is 39.3. The van der Waals surface area contributed by atoms with E-state index in [4.69, 9.17) is 17.2 Å². The number of hydrogen-bond donors (Lipinski definition) is 22. The fraction of sp³-hybridized carbons (Fsp3) is 0.500. The number of primary amides is 1. The zero-order valence-electron chi connectivity index (χ0n) is 66.6. The minimum absolute atomic E-state index is 0.0348. The Morgan fingerprint density at radius 3 is 1.27 bits per heavy atom. The molecule has 116 heavy (non-hydrogen) atoms. The summed E-state index contributed by atoms with van der Waals surface area (Å²) in [5.74, 6) is -15.1. The second-order valence-electron chi connectivity index (χ2n) is 29.5. The second kappa shape index (κ2) is 49.5. The number of aliphatic carboxylic acids is 2. The summed E-state index contributed by atoms with van der Waals surface area (Å²) < 4.78 is 0. The van der Waals surface area contributed by atoms with Gasteiger partial charge in [0.2, 0.25) is 65.0 Å². The summed E-state index contributed by atoms with van der Waals surface area (Å²) in [6, 6.07) is 14.4. The smallest absolute Gasteiger partial charge is 0.326 e. The molecule has 0 unspecified atom stereocenters. The normalized spacial score (nSPS) is 14.9. The van der Waals surface area contributed by atoms with E-state index in [9.17, 15) is 68.1 Å². The molecule has 4 aromatic carbocycles. The number of rotatable bonds is 53. The van der Waals surface area contributed by atoms with Crippen molar-refractivity contribution in [2.75, 3.05) is 19.6 Å². The second-order valence-corrected chi connectivity index (χ2v) is 29.5. The molecule has 0 saturated carbocycles. The average molecular weight is 1620 g/mol. The van der Waals surface area contributed by atoms with Crippen molar-refractivity contribution >= 4 is 93.7 Å². The van der Waals surface area contributed by atoms with E-state index in [0.29, 0.717) is 71.9 Å². The van der Waals surface area contributed by atoms with Crippen LogP contribution in [0.2, 0.25) is 0 Å². The van der Waals surface area contributed by atoms with Crippen molar-refractivity contribution in [2.45, 2.75) is 222 Å². The highest BCUT2D eigenvalue weighted by Gasteiger charge is 2.40. The molecular weight excluding hydrogens is 1500 g/mol. The van der Waals surface area contributed by atoms with Crippen LogP contribution in [0.25, 0.3) is 10.9 Å². The van der Waals surface area contributed by atoms with Crippen LogP contribution in [-0.4, -0.2) is 208 Å². The number of carbonyl (C=O) groups is 14. The minimum Gasteiger partial charge on any atom is -0.481 e. The van der Waals surface area contributed by atoms with E-state index >= 15 is 14.4 Å². The number of carboxylic acid groups (broad SMARTS) is 2. The highest BCUT2D eigenvalue weighted by atomic mass is 16.4. The number of aromatic amines is 1. The molecule has 0 bridgehead atoms. The van der Waals surface area contributed by atoms with Gasteiger partial charge in [-0.25, -0.2) is 4.79 Å². The molecule has 36 heteroatoms. The summed E-state index contributed by atoms with van der Waals surface area (Å²) in [4.78, 5) is 200. The predicted octanol–water partition coefficient (Wildman–Crippen LogP) is -4.32. The molecule has 0 spiro atoms. The average Bonchev–Trinajstić information content (AvgIpc) is 1.63. The molecule has 0 fully saturated rings. The number of aromatic nitrogens is 1. The maximum Gasteiger partial charge on any atom is 0.326 e. The maximum absolute atomic E-state index is 15.3. The summed E-state index contributed by atoms with van der Waals surface area (Å²) >= 11 is 0. The molecule has 12 amide bonds. The molecule has 0 aliphatic rings. The molecule has 1 heterocycles. The number of benzene rings is 4. The van der Waals surface area contributed by atoms with Crippen LogP contribution in [0.3, 0.4) is 0 Å². The number of hydrogen-bond acceptors (Lipinski definition) is 18. The highest BCUT2D eigenvalue weighted by Crippen LogP contribution is 2.21. The molecule has 36 nitrogen and oxygen atoms in total. The van der Waals surface area contributed by atoms with Crippen LogP contribution in [0.5, 0.6) is 0 Å². The van der Waals surface area contributed by atoms with E-state index < -0.39 is 186 Å². The van der Waals surface area contributed by atoms with Crippen molar-refractivity contribution in [1.82, 2.24) is 68.8 Å². The van der Waals surface area contributed by atoms with E-state index in [1.807, 2.05) is 0 Å². The molecule has 0 saturated heterocycles. The van der Waals surface area contributed by atoms with Gasteiger partial charge in [-0.1, -0.05) is 143 Å². The van der Waals surface area contributed by atoms with Gasteiger partial charge >= 0.3 is 11.9 Å². The molecule has 5 aromatic rings. The number of quaternary nitrogens is 3. The predicted molar refractivity (Wildman–Crippen MR) is 427 cm³/mol. The molecule has 0 aliphatic heterocycles. The van der Waals surface area contributed by atoms with Crippen molar-refractivity contribution in [3.05, 3.63) is 144 Å². The van der Waals surface area contributed by atoms with E-state index in [1.165, 1.54) is 6.92 Å². The molecule has 634 valence electrons. The fourth-order valence-electron chi connectivity index (χ4n) is 12.8. The highest BCUT2D eigenvalue weighted by molar-refractivity contribution is 6.01. The van der Waals surface area contributed by atoms with Gasteiger partial charge in [0.25, 0.3) is 5.91 Å². The molecular formula is C80H120N19O17+3. The summed E-state index contributed by atoms with van der Waals surface area (Å²) in [6.07, 6.45) is -1.09. The number of H-pyrrole nitrogens is 1. The maximum atomic E-state index is 15.3. The van der Waals surface area contributed by atoms with Crippen molar-refractivity contribution in [2.24, 2.45) is 29.0 Å². The molecule has 5 rings (SSSR count). The van der Waals surface area contributed by atoms with Gasteiger partial charge in [-0.05, 0) is 111 Å². The van der Waals surface area contributed by atoms with Crippen LogP contribution in [-0.2, 0) is 92.8 Å². The summed E-state index contributed by atoms with van der Waals surface area (Å²) in [6.45, 7) is 9.18. The number of carboxylic acids is 2. The summed E-state index contributed by atoms with van der Waals surface area (Å²) in [5, 5.41) is 64.0. The third-order valence-corrected chi connectivity index (χ3v) is 19.4.